The summed E-state index contributed by atoms with van der Waals surface area (Å²) < 4.78 is 7.32. The minimum Gasteiger partial charge on any atom is -0.496 e. The van der Waals surface area contributed by atoms with Gasteiger partial charge in [0.05, 0.1) is 31.6 Å². The van der Waals surface area contributed by atoms with Crippen molar-refractivity contribution in [3.05, 3.63) is 47.3 Å². The number of carbonyl (C=O) groups is 1. The molecule has 6 heteroatoms. The highest BCUT2D eigenvalue weighted by Gasteiger charge is 2.19. The number of hydrogen-bond donors (Lipinski definition) is 1. The summed E-state index contributed by atoms with van der Waals surface area (Å²) in [6.45, 7) is 5.32. The van der Waals surface area contributed by atoms with Gasteiger partial charge >= 0.3 is 0 Å². The van der Waals surface area contributed by atoms with E-state index >= 15 is 0 Å². The lowest BCUT2D eigenvalue weighted by atomic mass is 10.2. The molecule has 2 heterocycles. The van der Waals surface area contributed by atoms with E-state index in [-0.39, 0.29) is 5.91 Å². The van der Waals surface area contributed by atoms with Crippen molar-refractivity contribution in [3.8, 4) is 5.75 Å². The third-order valence-electron chi connectivity index (χ3n) is 4.03. The highest BCUT2D eigenvalue weighted by atomic mass is 16.5. The number of amides is 1. The van der Waals surface area contributed by atoms with Crippen LogP contribution in [0.1, 0.15) is 17.0 Å². The lowest BCUT2D eigenvalue weighted by Crippen LogP contribution is -2.41. The number of carbonyl (C=O) groups excluding carboxylic acids is 1. The Balaban J connectivity index is 1.52. The molecule has 1 amide bonds. The first-order chi connectivity index (χ1) is 11.2. The van der Waals surface area contributed by atoms with Crippen molar-refractivity contribution in [2.24, 2.45) is 0 Å². The molecule has 2 aromatic rings. The van der Waals surface area contributed by atoms with Gasteiger partial charge in [0, 0.05) is 25.2 Å². The smallest absolute Gasteiger partial charge is 0.234 e. The SMILES string of the molecule is COc1ccccc1CNC(=O)CN1CCn2nc(C)cc2C1. The third-order valence-corrected chi connectivity index (χ3v) is 4.03. The fourth-order valence-corrected chi connectivity index (χ4v) is 2.90. The first-order valence-corrected chi connectivity index (χ1v) is 7.80. The van der Waals surface area contributed by atoms with Crippen molar-refractivity contribution in [2.75, 3.05) is 20.2 Å². The summed E-state index contributed by atoms with van der Waals surface area (Å²) in [7, 11) is 1.64. The summed E-state index contributed by atoms with van der Waals surface area (Å²) in [5.74, 6) is 0.825. The van der Waals surface area contributed by atoms with Gasteiger partial charge < -0.3 is 10.1 Å². The zero-order chi connectivity index (χ0) is 16.2. The van der Waals surface area contributed by atoms with Gasteiger partial charge in [-0.15, -0.1) is 0 Å². The number of benzene rings is 1. The topological polar surface area (TPSA) is 59.4 Å². The van der Waals surface area contributed by atoms with E-state index in [1.807, 2.05) is 35.9 Å². The van der Waals surface area contributed by atoms with Crippen molar-refractivity contribution in [2.45, 2.75) is 26.6 Å². The van der Waals surface area contributed by atoms with Crippen molar-refractivity contribution in [1.29, 1.82) is 0 Å². The van der Waals surface area contributed by atoms with Crippen LogP contribution in [0.25, 0.3) is 0 Å². The average molecular weight is 314 g/mol. The number of para-hydroxylation sites is 1. The Morgan fingerprint density at radius 3 is 3.00 bits per heavy atom. The number of fused-ring (bicyclic) bond motifs is 1. The normalized spacial score (nSPS) is 14.3. The van der Waals surface area contributed by atoms with Gasteiger partial charge in [0.2, 0.25) is 5.91 Å². The van der Waals surface area contributed by atoms with Crippen LogP contribution in [0.5, 0.6) is 5.75 Å². The van der Waals surface area contributed by atoms with E-state index in [9.17, 15) is 4.79 Å². The van der Waals surface area contributed by atoms with E-state index in [0.29, 0.717) is 13.1 Å². The van der Waals surface area contributed by atoms with Crippen LogP contribution < -0.4 is 10.1 Å². The summed E-state index contributed by atoms with van der Waals surface area (Å²) in [6, 6.07) is 9.80. The maximum Gasteiger partial charge on any atom is 0.234 e. The largest absolute Gasteiger partial charge is 0.496 e. The van der Waals surface area contributed by atoms with Gasteiger partial charge in [0.25, 0.3) is 0 Å². The number of aromatic nitrogens is 2. The number of nitrogens with zero attached hydrogens (tertiary/aromatic N) is 3. The molecule has 0 saturated heterocycles. The van der Waals surface area contributed by atoms with Gasteiger partial charge in [-0.25, -0.2) is 0 Å². The Kier molecular flexibility index (Phi) is 4.62. The zero-order valence-corrected chi connectivity index (χ0v) is 13.6. The van der Waals surface area contributed by atoms with E-state index in [1.54, 1.807) is 7.11 Å². The molecule has 0 radical (unpaired) electrons. The number of rotatable bonds is 5. The molecule has 23 heavy (non-hydrogen) atoms. The molecule has 0 aliphatic carbocycles. The molecular formula is C17H22N4O2. The number of methoxy groups -OCH3 is 1. The summed E-state index contributed by atoms with van der Waals surface area (Å²) in [5, 5.41) is 7.40. The van der Waals surface area contributed by atoms with E-state index in [0.717, 1.165) is 36.6 Å². The fraction of sp³-hybridized carbons (Fsp3) is 0.412. The molecule has 0 unspecified atom stereocenters. The molecule has 1 aromatic heterocycles. The summed E-state index contributed by atoms with van der Waals surface area (Å²) >= 11 is 0. The molecule has 1 N–H and O–H groups in total. The molecule has 1 aliphatic heterocycles. The average Bonchev–Trinajstić information content (AvgIpc) is 2.92. The van der Waals surface area contributed by atoms with Gasteiger partial charge in [0.15, 0.2) is 0 Å². The molecule has 0 fully saturated rings. The first kappa shape index (κ1) is 15.6. The second-order valence-electron chi connectivity index (χ2n) is 5.80. The molecular weight excluding hydrogens is 292 g/mol. The summed E-state index contributed by atoms with van der Waals surface area (Å²) in [6.07, 6.45) is 0. The van der Waals surface area contributed by atoms with E-state index in [4.69, 9.17) is 4.74 Å². The monoisotopic (exact) mass is 314 g/mol. The van der Waals surface area contributed by atoms with Crippen molar-refractivity contribution < 1.29 is 9.53 Å². The number of hydrogen-bond acceptors (Lipinski definition) is 4. The summed E-state index contributed by atoms with van der Waals surface area (Å²) in [5.41, 5.74) is 3.18. The second-order valence-corrected chi connectivity index (χ2v) is 5.80. The van der Waals surface area contributed by atoms with Crippen LogP contribution in [0.4, 0.5) is 0 Å². The standard InChI is InChI=1S/C17H22N4O2/c1-13-9-15-11-20(7-8-21(15)19-13)12-17(22)18-10-14-5-3-4-6-16(14)23-2/h3-6,9H,7-8,10-12H2,1-2H3,(H,18,22). The Morgan fingerprint density at radius 2 is 2.17 bits per heavy atom. The van der Waals surface area contributed by atoms with Gasteiger partial charge in [-0.2, -0.15) is 5.10 Å². The van der Waals surface area contributed by atoms with Crippen LogP contribution in [0, 0.1) is 6.92 Å². The summed E-state index contributed by atoms with van der Waals surface area (Å²) in [4.78, 5) is 14.3. The van der Waals surface area contributed by atoms with E-state index in [1.165, 1.54) is 5.69 Å². The van der Waals surface area contributed by atoms with E-state index in [2.05, 4.69) is 21.4 Å². The molecule has 0 atom stereocenters. The Bertz CT molecular complexity index is 696. The van der Waals surface area contributed by atoms with Gasteiger partial charge in [0.1, 0.15) is 5.75 Å². The molecule has 1 aliphatic rings. The van der Waals surface area contributed by atoms with Crippen LogP contribution in [-0.2, 0) is 24.4 Å². The Morgan fingerprint density at radius 1 is 1.35 bits per heavy atom. The minimum absolute atomic E-state index is 0.0283. The van der Waals surface area contributed by atoms with E-state index < -0.39 is 0 Å². The van der Waals surface area contributed by atoms with Crippen molar-refractivity contribution >= 4 is 5.91 Å². The predicted molar refractivity (Wildman–Crippen MR) is 87.1 cm³/mol. The van der Waals surface area contributed by atoms with Crippen LogP contribution in [0.3, 0.4) is 0 Å². The lowest BCUT2D eigenvalue weighted by molar-refractivity contribution is -0.122. The Hall–Kier alpha value is -2.34. The van der Waals surface area contributed by atoms with Crippen LogP contribution in [0.2, 0.25) is 0 Å². The maximum absolute atomic E-state index is 12.2. The number of aryl methyl sites for hydroxylation is 1. The highest BCUT2D eigenvalue weighted by molar-refractivity contribution is 5.78. The molecule has 6 nitrogen and oxygen atoms in total. The lowest BCUT2D eigenvalue weighted by Gasteiger charge is -2.26. The zero-order valence-electron chi connectivity index (χ0n) is 13.6. The van der Waals surface area contributed by atoms with Gasteiger partial charge in [-0.05, 0) is 19.1 Å². The Labute approximate surface area is 136 Å². The van der Waals surface area contributed by atoms with Gasteiger partial charge in [-0.1, -0.05) is 18.2 Å². The molecule has 0 spiro atoms. The van der Waals surface area contributed by atoms with Crippen molar-refractivity contribution in [3.63, 3.8) is 0 Å². The second kappa shape index (κ2) is 6.83. The van der Waals surface area contributed by atoms with Crippen LogP contribution in [0.15, 0.2) is 30.3 Å². The molecule has 0 saturated carbocycles. The van der Waals surface area contributed by atoms with Crippen LogP contribution >= 0.6 is 0 Å². The van der Waals surface area contributed by atoms with Gasteiger partial charge in [-0.3, -0.25) is 14.4 Å². The van der Waals surface area contributed by atoms with Crippen molar-refractivity contribution in [1.82, 2.24) is 20.0 Å². The molecule has 1 aromatic carbocycles. The maximum atomic E-state index is 12.2. The highest BCUT2D eigenvalue weighted by Crippen LogP contribution is 2.17. The molecule has 0 bridgehead atoms. The quantitative estimate of drug-likeness (QED) is 0.904. The number of nitrogens with one attached hydrogen (secondary N) is 1. The van der Waals surface area contributed by atoms with Crippen LogP contribution in [-0.4, -0.2) is 40.8 Å². The fourth-order valence-electron chi connectivity index (χ4n) is 2.90. The molecule has 122 valence electrons. The minimum atomic E-state index is 0.0283. The third kappa shape index (κ3) is 3.71. The number of ether oxygens (including phenoxy) is 1. The first-order valence-electron chi connectivity index (χ1n) is 7.80. The predicted octanol–water partition coefficient (Wildman–Crippen LogP) is 1.33. The molecule has 3 rings (SSSR count).